The summed E-state index contributed by atoms with van der Waals surface area (Å²) >= 11 is 0. The van der Waals surface area contributed by atoms with Gasteiger partial charge in [0.1, 0.15) is 0 Å². The zero-order chi connectivity index (χ0) is 8.23. The Bertz CT molecular complexity index is 100. The van der Waals surface area contributed by atoms with Crippen LogP contribution in [0, 0.1) is 18.3 Å². The highest BCUT2D eigenvalue weighted by molar-refractivity contribution is 5.02. The first-order valence-corrected chi connectivity index (χ1v) is 5.63. The van der Waals surface area contributed by atoms with E-state index in [4.69, 9.17) is 0 Å². The first kappa shape index (κ1) is 8.59. The third-order valence-electron chi connectivity index (χ3n) is 3.52. The average molecular weight is 164 g/mol. The predicted molar refractivity (Wildman–Crippen MR) is 52.6 cm³/mol. The molecule has 68 valence electrons. The molecule has 2 saturated carbocycles. The molecule has 2 aliphatic rings. The van der Waals surface area contributed by atoms with Gasteiger partial charge in [0.15, 0.2) is 0 Å². The predicted octanol–water partition coefficient (Wildman–Crippen LogP) is 3.92. The van der Waals surface area contributed by atoms with Crippen molar-refractivity contribution in [3.05, 3.63) is 12.3 Å². The number of rotatable bonds is 1. The molecule has 0 atom stereocenters. The van der Waals surface area contributed by atoms with Crippen LogP contribution in [0.1, 0.15) is 57.8 Å². The van der Waals surface area contributed by atoms with Crippen LogP contribution < -0.4 is 0 Å². The van der Waals surface area contributed by atoms with E-state index in [2.05, 4.69) is 6.42 Å². The van der Waals surface area contributed by atoms with Crippen LogP contribution in [-0.2, 0) is 0 Å². The first-order chi connectivity index (χ1) is 5.97. The number of hydrogen-bond donors (Lipinski definition) is 0. The van der Waals surface area contributed by atoms with Crippen molar-refractivity contribution in [3.63, 3.8) is 0 Å². The molecule has 2 radical (unpaired) electrons. The van der Waals surface area contributed by atoms with Crippen molar-refractivity contribution in [1.29, 1.82) is 0 Å². The molecule has 2 fully saturated rings. The molecule has 2 aliphatic carbocycles. The molecule has 0 aliphatic heterocycles. The third kappa shape index (κ3) is 2.02. The fraction of sp³-hybridized carbons (Fsp3) is 0.833. The van der Waals surface area contributed by atoms with Gasteiger partial charge in [0.05, 0.1) is 0 Å². The Morgan fingerprint density at radius 2 is 1.58 bits per heavy atom. The van der Waals surface area contributed by atoms with Crippen molar-refractivity contribution in [2.45, 2.75) is 57.8 Å². The molecule has 0 nitrogen and oxygen atoms in total. The molecule has 2 rings (SSSR count). The van der Waals surface area contributed by atoms with Crippen molar-refractivity contribution >= 4 is 0 Å². The van der Waals surface area contributed by atoms with Crippen LogP contribution in [0.5, 0.6) is 0 Å². The lowest BCUT2D eigenvalue weighted by Gasteiger charge is -2.32. The zero-order valence-corrected chi connectivity index (χ0v) is 8.02. The summed E-state index contributed by atoms with van der Waals surface area (Å²) in [5.41, 5.74) is 0. The van der Waals surface area contributed by atoms with E-state index in [-0.39, 0.29) is 0 Å². The Kier molecular flexibility index (Phi) is 3.08. The molecule has 12 heavy (non-hydrogen) atoms. The van der Waals surface area contributed by atoms with Gasteiger partial charge >= 0.3 is 0 Å². The molecule has 0 bridgehead atoms. The van der Waals surface area contributed by atoms with Gasteiger partial charge in [0, 0.05) is 0 Å². The van der Waals surface area contributed by atoms with Gasteiger partial charge in [-0.2, -0.15) is 0 Å². The molecule has 0 spiro atoms. The van der Waals surface area contributed by atoms with Crippen LogP contribution in [0.25, 0.3) is 0 Å². The molecule has 0 saturated heterocycles. The summed E-state index contributed by atoms with van der Waals surface area (Å²) in [6, 6.07) is 0. The van der Waals surface area contributed by atoms with Gasteiger partial charge in [-0.05, 0) is 56.8 Å². The highest BCUT2D eigenvalue weighted by atomic mass is 14.3. The Hall–Kier alpha value is 0. The summed E-state index contributed by atoms with van der Waals surface area (Å²) in [6.45, 7) is 0. The minimum absolute atomic E-state index is 1.03. The summed E-state index contributed by atoms with van der Waals surface area (Å²) in [7, 11) is 0. The standard InChI is InChI=1S/C12H20/c1-3-7-11(8-4-1)12-9-5-2-6-10-12/h1,12H,2-10H2. The quantitative estimate of drug-likeness (QED) is 0.551. The molecule has 0 aromatic rings. The van der Waals surface area contributed by atoms with Crippen molar-refractivity contribution in [3.8, 4) is 0 Å². The van der Waals surface area contributed by atoms with Gasteiger partial charge in [0.25, 0.3) is 0 Å². The SMILES string of the molecule is [CH]1CC[C](C2CCCCC2)CC1. The summed E-state index contributed by atoms with van der Waals surface area (Å²) in [5, 5.41) is 0. The second kappa shape index (κ2) is 4.30. The van der Waals surface area contributed by atoms with Gasteiger partial charge < -0.3 is 0 Å². The van der Waals surface area contributed by atoms with Crippen LogP contribution in [0.15, 0.2) is 0 Å². The van der Waals surface area contributed by atoms with Gasteiger partial charge in [-0.25, -0.2) is 0 Å². The van der Waals surface area contributed by atoms with Gasteiger partial charge in [-0.3, -0.25) is 0 Å². The minimum Gasteiger partial charge on any atom is -0.0533 e. The second-order valence-corrected chi connectivity index (χ2v) is 4.36. The summed E-state index contributed by atoms with van der Waals surface area (Å²) < 4.78 is 0. The monoisotopic (exact) mass is 164 g/mol. The highest BCUT2D eigenvalue weighted by Gasteiger charge is 2.25. The van der Waals surface area contributed by atoms with Crippen LogP contribution in [0.3, 0.4) is 0 Å². The van der Waals surface area contributed by atoms with Crippen molar-refractivity contribution in [2.24, 2.45) is 5.92 Å². The second-order valence-electron chi connectivity index (χ2n) is 4.36. The maximum Gasteiger partial charge on any atom is -0.0210 e. The van der Waals surface area contributed by atoms with Crippen molar-refractivity contribution < 1.29 is 0 Å². The average Bonchev–Trinajstić information content (AvgIpc) is 2.21. The molecular weight excluding hydrogens is 144 g/mol. The van der Waals surface area contributed by atoms with E-state index in [1.54, 1.807) is 0 Å². The van der Waals surface area contributed by atoms with E-state index >= 15 is 0 Å². The topological polar surface area (TPSA) is 0 Å². The van der Waals surface area contributed by atoms with E-state index < -0.39 is 0 Å². The van der Waals surface area contributed by atoms with Crippen molar-refractivity contribution in [1.82, 2.24) is 0 Å². The van der Waals surface area contributed by atoms with E-state index in [0.29, 0.717) is 0 Å². The highest BCUT2D eigenvalue weighted by Crippen LogP contribution is 2.39. The van der Waals surface area contributed by atoms with Crippen LogP contribution >= 0.6 is 0 Å². The van der Waals surface area contributed by atoms with E-state index in [1.165, 1.54) is 57.8 Å². The number of hydrogen-bond acceptors (Lipinski definition) is 0. The largest absolute Gasteiger partial charge is 0.0533 e. The van der Waals surface area contributed by atoms with Gasteiger partial charge in [-0.15, -0.1) is 0 Å². The lowest BCUT2D eigenvalue weighted by molar-refractivity contribution is 0.335. The van der Waals surface area contributed by atoms with Crippen molar-refractivity contribution in [2.75, 3.05) is 0 Å². The Labute approximate surface area is 76.7 Å². The lowest BCUT2D eigenvalue weighted by atomic mass is 9.73. The molecule has 0 heterocycles. The van der Waals surface area contributed by atoms with E-state index in [1.807, 2.05) is 5.92 Å². The molecule has 0 unspecified atom stereocenters. The first-order valence-electron chi connectivity index (χ1n) is 5.63. The Morgan fingerprint density at radius 3 is 2.25 bits per heavy atom. The smallest absolute Gasteiger partial charge is 0.0210 e. The summed E-state index contributed by atoms with van der Waals surface area (Å²) in [5.74, 6) is 2.95. The normalized spacial score (nSPS) is 29.0. The van der Waals surface area contributed by atoms with Crippen LogP contribution in [-0.4, -0.2) is 0 Å². The molecule has 0 N–H and O–H groups in total. The summed E-state index contributed by atoms with van der Waals surface area (Å²) in [6.07, 6.45) is 15.6. The Morgan fingerprint density at radius 1 is 0.917 bits per heavy atom. The minimum atomic E-state index is 1.03. The molecule has 0 aromatic carbocycles. The fourth-order valence-corrected chi connectivity index (χ4v) is 2.76. The molecule has 0 amide bonds. The molecule has 0 aromatic heterocycles. The van der Waals surface area contributed by atoms with E-state index in [0.717, 1.165) is 5.92 Å². The van der Waals surface area contributed by atoms with Gasteiger partial charge in [-0.1, -0.05) is 19.3 Å². The maximum absolute atomic E-state index is 2.46. The lowest BCUT2D eigenvalue weighted by Crippen LogP contribution is -2.18. The Balaban J connectivity index is 1.80. The molecular formula is C12H20. The fourth-order valence-electron chi connectivity index (χ4n) is 2.76. The zero-order valence-electron chi connectivity index (χ0n) is 8.02. The van der Waals surface area contributed by atoms with E-state index in [9.17, 15) is 0 Å². The molecule has 0 heteroatoms. The van der Waals surface area contributed by atoms with Crippen LogP contribution in [0.2, 0.25) is 0 Å². The third-order valence-corrected chi connectivity index (χ3v) is 3.52. The summed E-state index contributed by atoms with van der Waals surface area (Å²) in [4.78, 5) is 0. The van der Waals surface area contributed by atoms with Gasteiger partial charge in [0.2, 0.25) is 0 Å². The maximum atomic E-state index is 2.46. The van der Waals surface area contributed by atoms with Crippen LogP contribution in [0.4, 0.5) is 0 Å².